The molecule has 0 saturated carbocycles. The maximum absolute atomic E-state index is 11.2. The average molecular weight is 327 g/mol. The smallest absolute Gasteiger partial charge is 0.269 e. The summed E-state index contributed by atoms with van der Waals surface area (Å²) < 4.78 is 22.5. The minimum atomic E-state index is -2.93. The van der Waals surface area contributed by atoms with Crippen LogP contribution in [0, 0.1) is 10.1 Å². The number of nitro benzene ring substituents is 1. The van der Waals surface area contributed by atoms with E-state index in [4.69, 9.17) is 0 Å². The molecule has 22 heavy (non-hydrogen) atoms. The molecule has 8 heteroatoms. The molecule has 1 heterocycles. The van der Waals surface area contributed by atoms with Crippen LogP contribution in [-0.4, -0.2) is 63.0 Å². The molecule has 0 spiro atoms. The highest BCUT2D eigenvalue weighted by atomic mass is 32.2. The van der Waals surface area contributed by atoms with Crippen LogP contribution in [0.4, 0.5) is 11.4 Å². The normalized spacial score (nSPS) is 17.2. The summed E-state index contributed by atoms with van der Waals surface area (Å²) in [7, 11) is -2.93. The topological polar surface area (TPSA) is 83.8 Å². The second-order valence-corrected chi connectivity index (χ2v) is 7.85. The van der Waals surface area contributed by atoms with Crippen LogP contribution in [0.2, 0.25) is 0 Å². The number of hydrogen-bond acceptors (Lipinski definition) is 6. The van der Waals surface area contributed by atoms with Crippen LogP contribution in [0.1, 0.15) is 6.42 Å². The lowest BCUT2D eigenvalue weighted by molar-refractivity contribution is -0.384. The second kappa shape index (κ2) is 7.06. The van der Waals surface area contributed by atoms with Crippen molar-refractivity contribution in [1.29, 1.82) is 0 Å². The van der Waals surface area contributed by atoms with Gasteiger partial charge in [0.2, 0.25) is 0 Å². The van der Waals surface area contributed by atoms with Gasteiger partial charge in [0.25, 0.3) is 5.69 Å². The Balaban J connectivity index is 1.93. The van der Waals surface area contributed by atoms with Crippen molar-refractivity contribution in [2.75, 3.05) is 49.6 Å². The van der Waals surface area contributed by atoms with Crippen LogP contribution >= 0.6 is 0 Å². The molecule has 0 amide bonds. The fraction of sp³-hybridized carbons (Fsp3) is 0.571. The standard InChI is InChI=1S/C14H21N3O4S/c1-22(20,21)12-11-15-7-2-8-16(10-9-15)13-3-5-14(6-4-13)17(18)19/h3-6H,2,7-12H2,1H3. The number of anilines is 1. The van der Waals surface area contributed by atoms with E-state index in [1.54, 1.807) is 12.1 Å². The molecule has 1 saturated heterocycles. The average Bonchev–Trinajstić information content (AvgIpc) is 2.70. The van der Waals surface area contributed by atoms with Crippen LogP contribution < -0.4 is 4.90 Å². The number of hydrogen-bond donors (Lipinski definition) is 0. The number of non-ortho nitro benzene ring substituents is 1. The highest BCUT2D eigenvalue weighted by Crippen LogP contribution is 2.20. The lowest BCUT2D eigenvalue weighted by Gasteiger charge is -2.23. The molecule has 1 aliphatic heterocycles. The molecule has 1 aromatic carbocycles. The molecule has 0 unspecified atom stereocenters. The Labute approximate surface area is 130 Å². The summed E-state index contributed by atoms with van der Waals surface area (Å²) in [5.74, 6) is 0.185. The predicted molar refractivity (Wildman–Crippen MR) is 86.1 cm³/mol. The van der Waals surface area contributed by atoms with E-state index in [1.807, 2.05) is 0 Å². The lowest BCUT2D eigenvalue weighted by atomic mass is 10.2. The quantitative estimate of drug-likeness (QED) is 0.596. The summed E-state index contributed by atoms with van der Waals surface area (Å²) >= 11 is 0. The molecular weight excluding hydrogens is 306 g/mol. The Morgan fingerprint density at radius 1 is 1.14 bits per heavy atom. The number of nitro groups is 1. The zero-order valence-corrected chi connectivity index (χ0v) is 13.5. The van der Waals surface area contributed by atoms with Crippen molar-refractivity contribution in [3.05, 3.63) is 34.4 Å². The van der Waals surface area contributed by atoms with Gasteiger partial charge in [0.15, 0.2) is 0 Å². The van der Waals surface area contributed by atoms with Gasteiger partial charge < -0.3 is 9.80 Å². The maximum atomic E-state index is 11.2. The fourth-order valence-electron chi connectivity index (χ4n) is 2.53. The van der Waals surface area contributed by atoms with Gasteiger partial charge in [0.05, 0.1) is 10.7 Å². The molecule has 7 nitrogen and oxygen atoms in total. The van der Waals surface area contributed by atoms with Crippen LogP contribution in [0.15, 0.2) is 24.3 Å². The first kappa shape index (κ1) is 16.7. The summed E-state index contributed by atoms with van der Waals surface area (Å²) in [6.45, 7) is 3.90. The lowest BCUT2D eigenvalue weighted by Crippen LogP contribution is -2.33. The Bertz CT molecular complexity index is 615. The van der Waals surface area contributed by atoms with Crippen LogP contribution in [0.3, 0.4) is 0 Å². The van der Waals surface area contributed by atoms with Crippen LogP contribution in [0.25, 0.3) is 0 Å². The van der Waals surface area contributed by atoms with Gasteiger partial charge >= 0.3 is 0 Å². The van der Waals surface area contributed by atoms with E-state index >= 15 is 0 Å². The van der Waals surface area contributed by atoms with Gasteiger partial charge in [0, 0.05) is 50.3 Å². The number of benzene rings is 1. The van der Waals surface area contributed by atoms with E-state index in [9.17, 15) is 18.5 Å². The molecule has 0 N–H and O–H groups in total. The van der Waals surface area contributed by atoms with Crippen molar-refractivity contribution in [3.8, 4) is 0 Å². The van der Waals surface area contributed by atoms with Gasteiger partial charge in [-0.15, -0.1) is 0 Å². The van der Waals surface area contributed by atoms with Crippen LogP contribution in [-0.2, 0) is 9.84 Å². The third-order valence-electron chi connectivity index (χ3n) is 3.79. The molecule has 0 aromatic heterocycles. The summed E-state index contributed by atoms with van der Waals surface area (Å²) in [6, 6.07) is 6.57. The van der Waals surface area contributed by atoms with Gasteiger partial charge in [-0.25, -0.2) is 8.42 Å². The first-order valence-electron chi connectivity index (χ1n) is 7.25. The van der Waals surface area contributed by atoms with Crippen molar-refractivity contribution >= 4 is 21.2 Å². The van der Waals surface area contributed by atoms with Crippen molar-refractivity contribution in [2.24, 2.45) is 0 Å². The number of sulfone groups is 1. The van der Waals surface area contributed by atoms with E-state index in [0.29, 0.717) is 6.54 Å². The van der Waals surface area contributed by atoms with Gasteiger partial charge in [-0.2, -0.15) is 0 Å². The molecule has 1 aliphatic rings. The minimum absolute atomic E-state index is 0.0911. The Hall–Kier alpha value is -1.67. The van der Waals surface area contributed by atoms with Gasteiger partial charge in [0.1, 0.15) is 9.84 Å². The first-order valence-corrected chi connectivity index (χ1v) is 9.31. The van der Waals surface area contributed by atoms with E-state index in [0.717, 1.165) is 38.3 Å². The summed E-state index contributed by atoms with van der Waals surface area (Å²) in [5.41, 5.74) is 1.06. The first-order chi connectivity index (χ1) is 10.3. The van der Waals surface area contributed by atoms with Gasteiger partial charge in [-0.05, 0) is 25.1 Å². The fourth-order valence-corrected chi connectivity index (χ4v) is 3.12. The predicted octanol–water partition coefficient (Wildman–Crippen LogP) is 1.15. The van der Waals surface area contributed by atoms with E-state index in [1.165, 1.54) is 18.4 Å². The Kier molecular flexibility index (Phi) is 5.36. The van der Waals surface area contributed by atoms with E-state index < -0.39 is 14.8 Å². The molecule has 1 fully saturated rings. The van der Waals surface area contributed by atoms with Crippen LogP contribution in [0.5, 0.6) is 0 Å². The van der Waals surface area contributed by atoms with E-state index in [2.05, 4.69) is 9.80 Å². The molecular formula is C14H21N3O4S. The maximum Gasteiger partial charge on any atom is 0.269 e. The highest BCUT2D eigenvalue weighted by molar-refractivity contribution is 7.90. The Morgan fingerprint density at radius 2 is 1.82 bits per heavy atom. The monoisotopic (exact) mass is 327 g/mol. The summed E-state index contributed by atoms with van der Waals surface area (Å²) in [4.78, 5) is 14.6. The molecule has 0 bridgehead atoms. The zero-order valence-electron chi connectivity index (χ0n) is 12.6. The molecule has 1 aromatic rings. The minimum Gasteiger partial charge on any atom is -0.370 e. The van der Waals surface area contributed by atoms with E-state index in [-0.39, 0.29) is 11.4 Å². The summed E-state index contributed by atoms with van der Waals surface area (Å²) in [5, 5.41) is 10.7. The van der Waals surface area contributed by atoms with Crippen molar-refractivity contribution in [1.82, 2.24) is 4.90 Å². The molecule has 0 atom stereocenters. The molecule has 2 rings (SSSR count). The zero-order chi connectivity index (χ0) is 16.2. The number of nitrogens with zero attached hydrogens (tertiary/aromatic N) is 3. The second-order valence-electron chi connectivity index (χ2n) is 5.59. The van der Waals surface area contributed by atoms with Crippen molar-refractivity contribution < 1.29 is 13.3 Å². The third kappa shape index (κ3) is 4.96. The molecule has 0 aliphatic carbocycles. The SMILES string of the molecule is CS(=O)(=O)CCN1CCCN(c2ccc([N+](=O)[O-])cc2)CC1. The highest BCUT2D eigenvalue weighted by Gasteiger charge is 2.17. The third-order valence-corrected chi connectivity index (χ3v) is 4.72. The van der Waals surface area contributed by atoms with Gasteiger partial charge in [-0.3, -0.25) is 10.1 Å². The molecule has 122 valence electrons. The Morgan fingerprint density at radius 3 is 2.41 bits per heavy atom. The largest absolute Gasteiger partial charge is 0.370 e. The number of rotatable bonds is 5. The summed E-state index contributed by atoms with van der Waals surface area (Å²) in [6.07, 6.45) is 2.20. The van der Waals surface area contributed by atoms with Crippen molar-refractivity contribution in [3.63, 3.8) is 0 Å². The molecule has 0 radical (unpaired) electrons. The van der Waals surface area contributed by atoms with Gasteiger partial charge in [-0.1, -0.05) is 0 Å². The van der Waals surface area contributed by atoms with Crippen molar-refractivity contribution in [2.45, 2.75) is 6.42 Å².